The summed E-state index contributed by atoms with van der Waals surface area (Å²) in [5.74, 6) is -0.831. The fraction of sp³-hybridized carbons (Fsp3) is 0.286. The summed E-state index contributed by atoms with van der Waals surface area (Å²) >= 11 is 6.09. The average Bonchev–Trinajstić information content (AvgIpc) is 3.28. The van der Waals surface area contributed by atoms with Gasteiger partial charge < -0.3 is 15.5 Å². The maximum Gasteiger partial charge on any atom is 0.266 e. The van der Waals surface area contributed by atoms with Crippen LogP contribution in [0, 0.1) is 0 Å². The molecule has 2 aromatic carbocycles. The highest BCUT2D eigenvalue weighted by atomic mass is 35.5. The summed E-state index contributed by atoms with van der Waals surface area (Å²) in [6.07, 6.45) is 1.08. The highest BCUT2D eigenvalue weighted by molar-refractivity contribution is 7.89. The number of H-pyrrole nitrogens is 1. The number of rotatable bonds is 3. The van der Waals surface area contributed by atoms with E-state index in [0.717, 1.165) is 11.1 Å². The zero-order valence-electron chi connectivity index (χ0n) is 16.0. The number of benzene rings is 2. The molecule has 0 aliphatic carbocycles. The first kappa shape index (κ1) is 19.6. The van der Waals surface area contributed by atoms with Crippen LogP contribution in [0.4, 0.5) is 0 Å². The van der Waals surface area contributed by atoms with Crippen LogP contribution in [0.5, 0.6) is 0 Å². The normalized spacial score (nSPS) is 18.7. The predicted molar refractivity (Wildman–Crippen MR) is 113 cm³/mol. The summed E-state index contributed by atoms with van der Waals surface area (Å²) < 4.78 is 34.7. The van der Waals surface area contributed by atoms with E-state index >= 15 is 0 Å². The third kappa shape index (κ3) is 2.86. The number of sulfonamides is 1. The van der Waals surface area contributed by atoms with Gasteiger partial charge in [-0.2, -0.15) is 4.31 Å². The van der Waals surface area contributed by atoms with Gasteiger partial charge in [-0.25, -0.2) is 8.42 Å². The first-order valence-electron chi connectivity index (χ1n) is 9.65. The minimum atomic E-state index is -3.97. The lowest BCUT2D eigenvalue weighted by molar-refractivity contribution is -0.0689. The third-order valence-corrected chi connectivity index (χ3v) is 8.32. The van der Waals surface area contributed by atoms with Gasteiger partial charge in [0, 0.05) is 29.0 Å². The van der Waals surface area contributed by atoms with E-state index in [1.54, 1.807) is 12.1 Å². The summed E-state index contributed by atoms with van der Waals surface area (Å²) in [5.41, 5.74) is 7.68. The predicted octanol–water partition coefficient (Wildman–Crippen LogP) is 3.13. The van der Waals surface area contributed by atoms with Crippen LogP contribution < -0.4 is 5.73 Å². The van der Waals surface area contributed by atoms with Crippen molar-refractivity contribution >= 4 is 38.4 Å². The van der Waals surface area contributed by atoms with Crippen LogP contribution in [0.3, 0.4) is 0 Å². The molecule has 1 saturated heterocycles. The van der Waals surface area contributed by atoms with E-state index in [4.69, 9.17) is 22.1 Å². The van der Waals surface area contributed by atoms with Gasteiger partial charge in [0.25, 0.3) is 5.91 Å². The van der Waals surface area contributed by atoms with E-state index in [1.807, 2.05) is 18.2 Å². The lowest BCUT2D eigenvalue weighted by atomic mass is 9.84. The molecule has 1 fully saturated rings. The summed E-state index contributed by atoms with van der Waals surface area (Å²) in [6, 6.07) is 12.9. The van der Waals surface area contributed by atoms with Crippen molar-refractivity contribution in [3.8, 4) is 0 Å². The molecule has 9 heteroatoms. The second kappa shape index (κ2) is 6.81. The Labute approximate surface area is 178 Å². The van der Waals surface area contributed by atoms with Crippen LogP contribution in [0.2, 0.25) is 5.02 Å². The molecule has 3 heterocycles. The van der Waals surface area contributed by atoms with E-state index in [2.05, 4.69) is 11.1 Å². The van der Waals surface area contributed by atoms with Crippen molar-refractivity contribution in [2.45, 2.75) is 29.9 Å². The van der Waals surface area contributed by atoms with Gasteiger partial charge in [0.2, 0.25) is 10.0 Å². The number of carbonyl (C=O) groups excluding carboxylic acids is 1. The maximum absolute atomic E-state index is 13.6. The largest absolute Gasteiger partial charge is 0.365 e. The van der Waals surface area contributed by atoms with Crippen LogP contribution in [0.15, 0.2) is 47.4 Å². The Morgan fingerprint density at radius 3 is 2.63 bits per heavy atom. The number of hydrogen-bond donors (Lipinski definition) is 2. The van der Waals surface area contributed by atoms with Gasteiger partial charge in [0.1, 0.15) is 10.6 Å². The molecule has 3 aromatic rings. The van der Waals surface area contributed by atoms with Crippen molar-refractivity contribution < 1.29 is 17.9 Å². The number of halogens is 1. The number of fused-ring (bicyclic) bond motifs is 3. The fourth-order valence-corrected chi connectivity index (χ4v) is 6.55. The minimum absolute atomic E-state index is 0.115. The Morgan fingerprint density at radius 1 is 1.17 bits per heavy atom. The smallest absolute Gasteiger partial charge is 0.266 e. The van der Waals surface area contributed by atoms with E-state index in [9.17, 15) is 13.2 Å². The molecule has 2 aliphatic heterocycles. The number of nitrogens with zero attached hydrogens (tertiary/aromatic N) is 1. The van der Waals surface area contributed by atoms with Crippen LogP contribution in [-0.4, -0.2) is 36.7 Å². The van der Waals surface area contributed by atoms with Crippen LogP contribution >= 0.6 is 11.6 Å². The van der Waals surface area contributed by atoms with Gasteiger partial charge >= 0.3 is 0 Å². The molecular formula is C21H20ClN3O4S. The molecule has 2 aliphatic rings. The first-order valence-corrected chi connectivity index (χ1v) is 11.5. The van der Waals surface area contributed by atoms with Crippen molar-refractivity contribution in [3.63, 3.8) is 0 Å². The molecule has 0 atom stereocenters. The molecule has 0 radical (unpaired) electrons. The lowest BCUT2D eigenvalue weighted by Crippen LogP contribution is -2.45. The van der Waals surface area contributed by atoms with Crippen LogP contribution in [0.1, 0.15) is 34.5 Å². The number of carbonyl (C=O) groups is 1. The average molecular weight is 446 g/mol. The van der Waals surface area contributed by atoms with Crippen LogP contribution in [-0.2, 0) is 27.0 Å². The molecule has 156 valence electrons. The molecule has 0 unspecified atom stereocenters. The Morgan fingerprint density at radius 2 is 1.90 bits per heavy atom. The standard InChI is InChI=1S/C21H20ClN3O4S/c22-14-5-6-17-15(11-14)19(18(24-17)20(23)26)30(27,28)25-9-7-21(8-10-25)16-4-2-1-3-13(16)12-29-21/h1-6,11,24H,7-10,12H2,(H2,23,26). The number of amides is 1. The number of primary amides is 1. The molecular weight excluding hydrogens is 426 g/mol. The van der Waals surface area contributed by atoms with Gasteiger partial charge in [-0.05, 0) is 42.2 Å². The number of aromatic nitrogens is 1. The van der Waals surface area contributed by atoms with E-state index < -0.39 is 21.5 Å². The molecule has 7 nitrogen and oxygen atoms in total. The first-order chi connectivity index (χ1) is 14.3. The SMILES string of the molecule is NC(=O)c1[nH]c2ccc(Cl)cc2c1S(=O)(=O)N1CCC2(CC1)OCc1ccccc12. The van der Waals surface area contributed by atoms with E-state index in [-0.39, 0.29) is 23.7 Å². The van der Waals surface area contributed by atoms with Crippen molar-refractivity contribution in [3.05, 3.63) is 64.3 Å². The molecule has 1 aromatic heterocycles. The van der Waals surface area contributed by atoms with Gasteiger partial charge in [0.15, 0.2) is 0 Å². The molecule has 5 rings (SSSR count). The Hall–Kier alpha value is -2.39. The molecule has 3 N–H and O–H groups in total. The van der Waals surface area contributed by atoms with Crippen molar-refractivity contribution in [1.82, 2.24) is 9.29 Å². The number of ether oxygens (including phenoxy) is 1. The van der Waals surface area contributed by atoms with Crippen molar-refractivity contribution in [2.24, 2.45) is 5.73 Å². The Bertz CT molecular complexity index is 1280. The number of hydrogen-bond acceptors (Lipinski definition) is 4. The second-order valence-electron chi connectivity index (χ2n) is 7.73. The Kier molecular flexibility index (Phi) is 4.44. The van der Waals surface area contributed by atoms with Crippen LogP contribution in [0.25, 0.3) is 10.9 Å². The fourth-order valence-electron chi connectivity index (χ4n) is 4.60. The molecule has 1 amide bonds. The summed E-state index contributed by atoms with van der Waals surface area (Å²) in [7, 11) is -3.97. The highest BCUT2D eigenvalue weighted by Crippen LogP contribution is 2.45. The summed E-state index contributed by atoms with van der Waals surface area (Å²) in [6.45, 7) is 1.10. The van der Waals surface area contributed by atoms with Gasteiger partial charge in [-0.1, -0.05) is 35.9 Å². The van der Waals surface area contributed by atoms with Crippen molar-refractivity contribution in [2.75, 3.05) is 13.1 Å². The lowest BCUT2D eigenvalue weighted by Gasteiger charge is -2.38. The van der Waals surface area contributed by atoms with Gasteiger partial charge in [-0.15, -0.1) is 0 Å². The molecule has 1 spiro atoms. The zero-order chi connectivity index (χ0) is 21.1. The Balaban J connectivity index is 1.51. The zero-order valence-corrected chi connectivity index (χ0v) is 17.6. The monoisotopic (exact) mass is 445 g/mol. The van der Waals surface area contributed by atoms with E-state index in [0.29, 0.717) is 35.4 Å². The maximum atomic E-state index is 13.6. The topological polar surface area (TPSA) is 105 Å². The third-order valence-electron chi connectivity index (χ3n) is 6.10. The number of aromatic amines is 1. The minimum Gasteiger partial charge on any atom is -0.365 e. The quantitative estimate of drug-likeness (QED) is 0.646. The van der Waals surface area contributed by atoms with Crippen molar-refractivity contribution in [1.29, 1.82) is 0 Å². The summed E-state index contributed by atoms with van der Waals surface area (Å²) in [4.78, 5) is 14.7. The van der Waals surface area contributed by atoms with Gasteiger partial charge in [0.05, 0.1) is 12.2 Å². The number of nitrogens with two attached hydrogens (primary N) is 1. The van der Waals surface area contributed by atoms with E-state index in [1.165, 1.54) is 10.4 Å². The molecule has 30 heavy (non-hydrogen) atoms. The molecule has 0 bridgehead atoms. The molecule has 0 saturated carbocycles. The van der Waals surface area contributed by atoms with Gasteiger partial charge in [-0.3, -0.25) is 4.79 Å². The highest BCUT2D eigenvalue weighted by Gasteiger charge is 2.45. The number of piperidine rings is 1. The summed E-state index contributed by atoms with van der Waals surface area (Å²) in [5, 5.41) is 0.738. The number of nitrogens with one attached hydrogen (secondary N) is 1. The second-order valence-corrected chi connectivity index (χ2v) is 10.0.